The SMILES string of the molecule is CC(CN1CCCCC1)NCc1cc2cccc(Br)c2o1. The van der Waals surface area contributed by atoms with Crippen molar-refractivity contribution < 1.29 is 4.42 Å². The van der Waals surface area contributed by atoms with Crippen LogP contribution in [-0.4, -0.2) is 30.6 Å². The van der Waals surface area contributed by atoms with Gasteiger partial charge in [-0.15, -0.1) is 0 Å². The normalized spacial score (nSPS) is 18.2. The molecular weight excluding hydrogens is 328 g/mol. The Morgan fingerprint density at radius 3 is 2.86 bits per heavy atom. The molecule has 1 aromatic heterocycles. The Kier molecular flexibility index (Phi) is 4.99. The number of piperidine rings is 1. The molecule has 1 aliphatic heterocycles. The number of nitrogens with zero attached hydrogens (tertiary/aromatic N) is 1. The molecule has 1 aromatic carbocycles. The summed E-state index contributed by atoms with van der Waals surface area (Å²) in [5.74, 6) is 1.00. The zero-order chi connectivity index (χ0) is 14.7. The van der Waals surface area contributed by atoms with Gasteiger partial charge in [-0.25, -0.2) is 0 Å². The largest absolute Gasteiger partial charge is 0.459 e. The summed E-state index contributed by atoms with van der Waals surface area (Å²) in [5.41, 5.74) is 0.943. The number of hydrogen-bond donors (Lipinski definition) is 1. The molecule has 0 saturated carbocycles. The van der Waals surface area contributed by atoms with Crippen LogP contribution in [0.4, 0.5) is 0 Å². The number of halogens is 1. The van der Waals surface area contributed by atoms with E-state index in [0.29, 0.717) is 6.04 Å². The van der Waals surface area contributed by atoms with Gasteiger partial charge < -0.3 is 14.6 Å². The van der Waals surface area contributed by atoms with Crippen LogP contribution in [0.25, 0.3) is 11.0 Å². The Balaban J connectivity index is 1.54. The number of likely N-dealkylation sites (tertiary alicyclic amines) is 1. The van der Waals surface area contributed by atoms with Gasteiger partial charge >= 0.3 is 0 Å². The molecule has 1 aliphatic rings. The molecule has 0 radical (unpaired) electrons. The van der Waals surface area contributed by atoms with Gasteiger partial charge in [-0.3, -0.25) is 0 Å². The van der Waals surface area contributed by atoms with Crippen molar-refractivity contribution in [1.29, 1.82) is 0 Å². The first kappa shape index (κ1) is 15.1. The van der Waals surface area contributed by atoms with E-state index in [1.54, 1.807) is 0 Å². The van der Waals surface area contributed by atoms with Crippen molar-refractivity contribution in [2.24, 2.45) is 0 Å². The molecule has 0 spiro atoms. The maximum Gasteiger partial charge on any atom is 0.148 e. The Hall–Kier alpha value is -0.840. The standard InChI is InChI=1S/C17H23BrN2O/c1-13(12-20-8-3-2-4-9-20)19-11-15-10-14-6-5-7-16(18)17(14)21-15/h5-7,10,13,19H,2-4,8-9,11-12H2,1H3. The van der Waals surface area contributed by atoms with Crippen molar-refractivity contribution in [2.75, 3.05) is 19.6 Å². The van der Waals surface area contributed by atoms with Crippen LogP contribution in [0.2, 0.25) is 0 Å². The fourth-order valence-electron chi connectivity index (χ4n) is 3.04. The molecule has 2 aromatic rings. The summed E-state index contributed by atoms with van der Waals surface area (Å²) in [6.45, 7) is 6.68. The average molecular weight is 351 g/mol. The maximum atomic E-state index is 5.92. The third kappa shape index (κ3) is 3.87. The van der Waals surface area contributed by atoms with E-state index in [-0.39, 0.29) is 0 Å². The minimum Gasteiger partial charge on any atom is -0.459 e. The predicted molar refractivity (Wildman–Crippen MR) is 90.5 cm³/mol. The van der Waals surface area contributed by atoms with Gasteiger partial charge in [-0.1, -0.05) is 18.6 Å². The molecule has 1 unspecified atom stereocenters. The summed E-state index contributed by atoms with van der Waals surface area (Å²) < 4.78 is 6.94. The van der Waals surface area contributed by atoms with Crippen LogP contribution < -0.4 is 5.32 Å². The highest BCUT2D eigenvalue weighted by Gasteiger charge is 2.14. The molecule has 1 saturated heterocycles. The Bertz CT molecular complexity index is 589. The lowest BCUT2D eigenvalue weighted by atomic mass is 10.1. The average Bonchev–Trinajstić information content (AvgIpc) is 2.91. The van der Waals surface area contributed by atoms with E-state index in [2.05, 4.69) is 45.2 Å². The van der Waals surface area contributed by atoms with Gasteiger partial charge in [0.25, 0.3) is 0 Å². The molecule has 21 heavy (non-hydrogen) atoms. The highest BCUT2D eigenvalue weighted by Crippen LogP contribution is 2.26. The summed E-state index contributed by atoms with van der Waals surface area (Å²) >= 11 is 3.54. The second-order valence-corrected chi connectivity index (χ2v) is 6.87. The second kappa shape index (κ2) is 6.95. The van der Waals surface area contributed by atoms with Crippen LogP contribution in [0.3, 0.4) is 0 Å². The summed E-state index contributed by atoms with van der Waals surface area (Å²) in [5, 5.41) is 4.73. The van der Waals surface area contributed by atoms with E-state index in [1.165, 1.54) is 32.4 Å². The van der Waals surface area contributed by atoms with E-state index >= 15 is 0 Å². The third-order valence-corrected chi connectivity index (χ3v) is 4.78. The first-order chi connectivity index (χ1) is 10.2. The van der Waals surface area contributed by atoms with Gasteiger partial charge in [0.05, 0.1) is 11.0 Å². The van der Waals surface area contributed by atoms with Gasteiger partial charge in [0.15, 0.2) is 0 Å². The Morgan fingerprint density at radius 1 is 1.29 bits per heavy atom. The summed E-state index contributed by atoms with van der Waals surface area (Å²) in [4.78, 5) is 2.57. The number of para-hydroxylation sites is 1. The topological polar surface area (TPSA) is 28.4 Å². The van der Waals surface area contributed by atoms with E-state index < -0.39 is 0 Å². The monoisotopic (exact) mass is 350 g/mol. The van der Waals surface area contributed by atoms with E-state index in [1.807, 2.05) is 12.1 Å². The first-order valence-corrected chi connectivity index (χ1v) is 8.64. The quantitative estimate of drug-likeness (QED) is 0.877. The summed E-state index contributed by atoms with van der Waals surface area (Å²) in [7, 11) is 0. The molecule has 3 rings (SSSR count). The molecule has 2 heterocycles. The van der Waals surface area contributed by atoms with Crippen LogP contribution in [0.15, 0.2) is 33.2 Å². The molecule has 0 aliphatic carbocycles. The smallest absolute Gasteiger partial charge is 0.148 e. The first-order valence-electron chi connectivity index (χ1n) is 7.85. The number of furan rings is 1. The zero-order valence-electron chi connectivity index (χ0n) is 12.6. The van der Waals surface area contributed by atoms with Crippen molar-refractivity contribution in [3.05, 3.63) is 34.5 Å². The lowest BCUT2D eigenvalue weighted by Crippen LogP contribution is -2.41. The van der Waals surface area contributed by atoms with Crippen LogP contribution in [0.5, 0.6) is 0 Å². The van der Waals surface area contributed by atoms with Crippen LogP contribution in [0, 0.1) is 0 Å². The van der Waals surface area contributed by atoms with Crippen molar-refractivity contribution in [2.45, 2.75) is 38.8 Å². The highest BCUT2D eigenvalue weighted by molar-refractivity contribution is 9.10. The minimum atomic E-state index is 0.486. The fraction of sp³-hybridized carbons (Fsp3) is 0.529. The zero-order valence-corrected chi connectivity index (χ0v) is 14.2. The lowest BCUT2D eigenvalue weighted by molar-refractivity contribution is 0.208. The van der Waals surface area contributed by atoms with Crippen molar-refractivity contribution in [3.63, 3.8) is 0 Å². The molecule has 1 fully saturated rings. The predicted octanol–water partition coefficient (Wildman–Crippen LogP) is 4.16. The lowest BCUT2D eigenvalue weighted by Gasteiger charge is -2.29. The van der Waals surface area contributed by atoms with Crippen LogP contribution in [0.1, 0.15) is 31.9 Å². The molecule has 0 amide bonds. The third-order valence-electron chi connectivity index (χ3n) is 4.15. The molecule has 0 bridgehead atoms. The van der Waals surface area contributed by atoms with E-state index in [0.717, 1.165) is 34.3 Å². The molecule has 1 N–H and O–H groups in total. The van der Waals surface area contributed by atoms with Gasteiger partial charge in [0.2, 0.25) is 0 Å². The summed E-state index contributed by atoms with van der Waals surface area (Å²) in [6.07, 6.45) is 4.10. The minimum absolute atomic E-state index is 0.486. The van der Waals surface area contributed by atoms with E-state index in [4.69, 9.17) is 4.42 Å². The molecule has 1 atom stereocenters. The van der Waals surface area contributed by atoms with Crippen molar-refractivity contribution >= 4 is 26.9 Å². The number of hydrogen-bond acceptors (Lipinski definition) is 3. The van der Waals surface area contributed by atoms with Gasteiger partial charge in [-0.05, 0) is 60.9 Å². The number of benzene rings is 1. The van der Waals surface area contributed by atoms with Gasteiger partial charge in [-0.2, -0.15) is 0 Å². The molecule has 4 heteroatoms. The van der Waals surface area contributed by atoms with Crippen molar-refractivity contribution in [3.8, 4) is 0 Å². The fourth-order valence-corrected chi connectivity index (χ4v) is 3.50. The molecular formula is C17H23BrN2O. The van der Waals surface area contributed by atoms with Crippen molar-refractivity contribution in [1.82, 2.24) is 10.2 Å². The summed E-state index contributed by atoms with van der Waals surface area (Å²) in [6, 6.07) is 8.75. The number of fused-ring (bicyclic) bond motifs is 1. The molecule has 114 valence electrons. The second-order valence-electron chi connectivity index (χ2n) is 6.01. The van der Waals surface area contributed by atoms with Crippen LogP contribution >= 0.6 is 15.9 Å². The van der Waals surface area contributed by atoms with Crippen LogP contribution in [-0.2, 0) is 6.54 Å². The van der Waals surface area contributed by atoms with Gasteiger partial charge in [0.1, 0.15) is 11.3 Å². The number of nitrogens with one attached hydrogen (secondary N) is 1. The Labute approximate surface area is 134 Å². The number of rotatable bonds is 5. The van der Waals surface area contributed by atoms with E-state index in [9.17, 15) is 0 Å². The highest BCUT2D eigenvalue weighted by atomic mass is 79.9. The Morgan fingerprint density at radius 2 is 2.10 bits per heavy atom. The maximum absolute atomic E-state index is 5.92. The van der Waals surface area contributed by atoms with Gasteiger partial charge in [0, 0.05) is 18.0 Å². The molecule has 3 nitrogen and oxygen atoms in total.